The van der Waals surface area contributed by atoms with Gasteiger partial charge in [0.1, 0.15) is 11.6 Å². The number of nitriles is 1. The van der Waals surface area contributed by atoms with Crippen molar-refractivity contribution < 1.29 is 8.78 Å². The van der Waals surface area contributed by atoms with Crippen molar-refractivity contribution in [2.75, 3.05) is 0 Å². The minimum atomic E-state index is -0.612. The maximum absolute atomic E-state index is 14.8. The molecule has 162 valence electrons. The zero-order chi connectivity index (χ0) is 23.5. The number of halogens is 2. The maximum atomic E-state index is 14.8. The maximum Gasteiger partial charge on any atom is 0.160 e. The van der Waals surface area contributed by atoms with Crippen LogP contribution in [0.3, 0.4) is 0 Å². The van der Waals surface area contributed by atoms with Crippen LogP contribution in [0.1, 0.15) is 5.56 Å². The summed E-state index contributed by atoms with van der Waals surface area (Å²) in [5.41, 5.74) is 4.10. The predicted molar refractivity (Wildman–Crippen MR) is 128 cm³/mol. The predicted octanol–water partition coefficient (Wildman–Crippen LogP) is 7.29. The largest absolute Gasteiger partial charge is 0.228 e. The average molecular weight is 445 g/mol. The number of hydrogen-bond donors (Lipinski definition) is 0. The standard InChI is InChI=1S/C29H17F2N3/c30-25-13-11-19(18-32)15-23(25)24-16-22(12-14-26(24)31)29-33-27(20-7-3-1-4-8-20)17-28(34-29)21-9-5-2-6-10-21/h1-17H. The van der Waals surface area contributed by atoms with Crippen LogP contribution in [0, 0.1) is 23.0 Å². The summed E-state index contributed by atoms with van der Waals surface area (Å²) in [5, 5.41) is 9.19. The lowest BCUT2D eigenvalue weighted by molar-refractivity contribution is 0.616. The van der Waals surface area contributed by atoms with Crippen LogP contribution in [-0.2, 0) is 0 Å². The van der Waals surface area contributed by atoms with Gasteiger partial charge in [0.05, 0.1) is 23.0 Å². The summed E-state index contributed by atoms with van der Waals surface area (Å²) in [6.07, 6.45) is 0. The Morgan fingerprint density at radius 3 is 1.65 bits per heavy atom. The van der Waals surface area contributed by atoms with E-state index in [4.69, 9.17) is 9.97 Å². The Kier molecular flexibility index (Phi) is 5.63. The molecule has 1 heterocycles. The lowest BCUT2D eigenvalue weighted by Crippen LogP contribution is -1.97. The highest BCUT2D eigenvalue weighted by Crippen LogP contribution is 2.32. The fourth-order valence-electron chi connectivity index (χ4n) is 3.76. The van der Waals surface area contributed by atoms with Crippen LogP contribution in [0.2, 0.25) is 0 Å². The van der Waals surface area contributed by atoms with Crippen LogP contribution < -0.4 is 0 Å². The molecule has 0 aliphatic heterocycles. The average Bonchev–Trinajstić information content (AvgIpc) is 2.90. The van der Waals surface area contributed by atoms with Crippen LogP contribution in [0.15, 0.2) is 103 Å². The highest BCUT2D eigenvalue weighted by atomic mass is 19.1. The summed E-state index contributed by atoms with van der Waals surface area (Å²) >= 11 is 0. The molecule has 1 aromatic heterocycles. The van der Waals surface area contributed by atoms with Gasteiger partial charge in [-0.1, -0.05) is 60.7 Å². The van der Waals surface area contributed by atoms with E-state index in [1.54, 1.807) is 6.07 Å². The topological polar surface area (TPSA) is 49.6 Å². The lowest BCUT2D eigenvalue weighted by Gasteiger charge is -2.11. The van der Waals surface area contributed by atoms with Gasteiger partial charge in [-0.25, -0.2) is 18.7 Å². The number of benzene rings is 4. The van der Waals surface area contributed by atoms with Crippen molar-refractivity contribution in [3.8, 4) is 51.1 Å². The highest BCUT2D eigenvalue weighted by molar-refractivity contribution is 5.75. The van der Waals surface area contributed by atoms with E-state index in [9.17, 15) is 14.0 Å². The summed E-state index contributed by atoms with van der Waals surface area (Å²) in [5.74, 6) is -0.822. The molecule has 0 bridgehead atoms. The lowest BCUT2D eigenvalue weighted by atomic mass is 9.99. The number of aromatic nitrogens is 2. The first-order valence-electron chi connectivity index (χ1n) is 10.6. The Bertz CT molecular complexity index is 1470. The molecule has 5 heteroatoms. The molecule has 34 heavy (non-hydrogen) atoms. The second-order valence-electron chi connectivity index (χ2n) is 7.70. The first-order valence-corrected chi connectivity index (χ1v) is 10.6. The van der Waals surface area contributed by atoms with Gasteiger partial charge in [-0.3, -0.25) is 0 Å². The van der Waals surface area contributed by atoms with Crippen LogP contribution in [0.4, 0.5) is 8.78 Å². The van der Waals surface area contributed by atoms with E-state index in [0.29, 0.717) is 22.8 Å². The summed E-state index contributed by atoms with van der Waals surface area (Å²) in [6, 6.07) is 31.5. The summed E-state index contributed by atoms with van der Waals surface area (Å²) < 4.78 is 29.4. The SMILES string of the molecule is N#Cc1ccc(F)c(-c2cc(-c3nc(-c4ccccc4)cc(-c4ccccc4)n3)ccc2F)c1. The van der Waals surface area contributed by atoms with E-state index in [0.717, 1.165) is 11.1 Å². The quantitative estimate of drug-likeness (QED) is 0.292. The molecule has 4 aromatic carbocycles. The van der Waals surface area contributed by atoms with Gasteiger partial charge in [0.2, 0.25) is 0 Å². The van der Waals surface area contributed by atoms with Gasteiger partial charge >= 0.3 is 0 Å². The Morgan fingerprint density at radius 2 is 1.09 bits per heavy atom. The molecule has 3 nitrogen and oxygen atoms in total. The smallest absolute Gasteiger partial charge is 0.160 e. The number of hydrogen-bond acceptors (Lipinski definition) is 3. The first kappa shape index (κ1) is 21.2. The van der Waals surface area contributed by atoms with Crippen LogP contribution in [-0.4, -0.2) is 9.97 Å². The normalized spacial score (nSPS) is 10.6. The van der Waals surface area contributed by atoms with E-state index < -0.39 is 11.6 Å². The van der Waals surface area contributed by atoms with Gasteiger partial charge in [0, 0.05) is 27.8 Å². The molecule has 0 fully saturated rings. The Labute approximate surface area is 195 Å². The molecule has 0 spiro atoms. The second-order valence-corrected chi connectivity index (χ2v) is 7.70. The summed E-state index contributed by atoms with van der Waals surface area (Å²) in [6.45, 7) is 0. The monoisotopic (exact) mass is 445 g/mol. The Morgan fingerprint density at radius 1 is 0.559 bits per heavy atom. The molecule has 0 saturated heterocycles. The minimum absolute atomic E-state index is 0.0147. The number of nitrogens with zero attached hydrogens (tertiary/aromatic N) is 3. The third-order valence-electron chi connectivity index (χ3n) is 5.48. The summed E-state index contributed by atoms with van der Waals surface area (Å²) in [7, 11) is 0. The van der Waals surface area contributed by atoms with Gasteiger partial charge in [0.15, 0.2) is 5.82 Å². The summed E-state index contributed by atoms with van der Waals surface area (Å²) in [4.78, 5) is 9.48. The van der Waals surface area contributed by atoms with E-state index >= 15 is 0 Å². The molecule has 5 rings (SSSR count). The molecule has 0 saturated carbocycles. The molecule has 0 N–H and O–H groups in total. The van der Waals surface area contributed by atoms with E-state index in [2.05, 4.69) is 0 Å². The van der Waals surface area contributed by atoms with Crippen molar-refractivity contribution in [3.05, 3.63) is 120 Å². The van der Waals surface area contributed by atoms with Crippen molar-refractivity contribution in [3.63, 3.8) is 0 Å². The van der Waals surface area contributed by atoms with Crippen LogP contribution >= 0.6 is 0 Å². The Hall–Kier alpha value is -4.69. The third kappa shape index (κ3) is 4.17. The first-order chi connectivity index (χ1) is 16.6. The van der Waals surface area contributed by atoms with E-state index in [1.807, 2.05) is 72.8 Å². The van der Waals surface area contributed by atoms with Crippen molar-refractivity contribution in [2.24, 2.45) is 0 Å². The molecule has 0 aliphatic carbocycles. The van der Waals surface area contributed by atoms with Crippen LogP contribution in [0.5, 0.6) is 0 Å². The highest BCUT2D eigenvalue weighted by Gasteiger charge is 2.16. The fraction of sp³-hybridized carbons (Fsp3) is 0. The van der Waals surface area contributed by atoms with Gasteiger partial charge in [0.25, 0.3) is 0 Å². The van der Waals surface area contributed by atoms with Gasteiger partial charge in [-0.15, -0.1) is 0 Å². The molecular weight excluding hydrogens is 428 g/mol. The zero-order valence-corrected chi connectivity index (χ0v) is 17.9. The molecule has 0 atom stereocenters. The van der Waals surface area contributed by atoms with Gasteiger partial charge < -0.3 is 0 Å². The zero-order valence-electron chi connectivity index (χ0n) is 17.9. The van der Waals surface area contributed by atoms with Crippen molar-refractivity contribution >= 4 is 0 Å². The van der Waals surface area contributed by atoms with Gasteiger partial charge in [-0.05, 0) is 42.5 Å². The fourth-order valence-corrected chi connectivity index (χ4v) is 3.76. The third-order valence-corrected chi connectivity index (χ3v) is 5.48. The molecule has 0 aliphatic rings. The van der Waals surface area contributed by atoms with Crippen LogP contribution in [0.25, 0.3) is 45.0 Å². The molecule has 0 amide bonds. The Balaban J connectivity index is 1.70. The van der Waals surface area contributed by atoms with Crippen molar-refractivity contribution in [2.45, 2.75) is 0 Å². The molecular formula is C29H17F2N3. The minimum Gasteiger partial charge on any atom is -0.228 e. The second kappa shape index (κ2) is 9.05. The van der Waals surface area contributed by atoms with E-state index in [1.165, 1.54) is 30.3 Å². The number of rotatable bonds is 4. The molecule has 0 unspecified atom stereocenters. The molecule has 5 aromatic rings. The van der Waals surface area contributed by atoms with Crippen molar-refractivity contribution in [1.82, 2.24) is 9.97 Å². The van der Waals surface area contributed by atoms with Crippen molar-refractivity contribution in [1.29, 1.82) is 5.26 Å². The van der Waals surface area contributed by atoms with E-state index in [-0.39, 0.29) is 16.7 Å². The van der Waals surface area contributed by atoms with Gasteiger partial charge in [-0.2, -0.15) is 5.26 Å². The molecule has 0 radical (unpaired) electrons.